The van der Waals surface area contributed by atoms with Crippen LogP contribution in [0.4, 0.5) is 5.82 Å². The Balaban J connectivity index is 2.09. The number of nitriles is 1. The molecule has 2 unspecified atom stereocenters. The molecule has 1 spiro atoms. The van der Waals surface area contributed by atoms with E-state index in [4.69, 9.17) is 11.6 Å². The minimum atomic E-state index is -0.199. The van der Waals surface area contributed by atoms with Crippen molar-refractivity contribution in [1.82, 2.24) is 4.98 Å². The molecule has 2 aliphatic rings. The van der Waals surface area contributed by atoms with Gasteiger partial charge in [-0.25, -0.2) is 4.98 Å². The summed E-state index contributed by atoms with van der Waals surface area (Å²) in [6, 6.07) is 2.54. The summed E-state index contributed by atoms with van der Waals surface area (Å²) in [6.45, 7) is 2.95. The maximum atomic E-state index is 9.50. The Morgan fingerprint density at radius 2 is 2.37 bits per heavy atom. The van der Waals surface area contributed by atoms with E-state index in [-0.39, 0.29) is 10.8 Å². The molecule has 2 atom stereocenters. The highest BCUT2D eigenvalue weighted by Gasteiger charge is 2.52. The Bertz CT molecular complexity index is 583. The third-order valence-corrected chi connectivity index (χ3v) is 5.99. The summed E-state index contributed by atoms with van der Waals surface area (Å²) >= 11 is 9.93. The highest BCUT2D eigenvalue weighted by molar-refractivity contribution is 9.10. The maximum absolute atomic E-state index is 9.50. The molecule has 0 radical (unpaired) electrons. The second-order valence-electron chi connectivity index (χ2n) is 5.70. The van der Waals surface area contributed by atoms with E-state index >= 15 is 0 Å². The molecule has 0 amide bonds. The summed E-state index contributed by atoms with van der Waals surface area (Å²) in [5.41, 5.74) is 0.887. The molecule has 1 aliphatic carbocycles. The van der Waals surface area contributed by atoms with Crippen LogP contribution in [-0.4, -0.2) is 11.5 Å². The minimum Gasteiger partial charge on any atom is -0.369 e. The number of fused-ring (bicyclic) bond motifs is 2. The number of nitrogens with one attached hydrogen (secondary N) is 1. The molecule has 1 aromatic heterocycles. The van der Waals surface area contributed by atoms with Crippen LogP contribution in [0.3, 0.4) is 0 Å². The van der Waals surface area contributed by atoms with Gasteiger partial charge in [-0.05, 0) is 41.6 Å². The molecule has 5 heteroatoms. The predicted octanol–water partition coefficient (Wildman–Crippen LogP) is 4.26. The van der Waals surface area contributed by atoms with E-state index in [1.807, 2.05) is 0 Å². The summed E-state index contributed by atoms with van der Waals surface area (Å²) in [4.78, 5) is 4.41. The van der Waals surface area contributed by atoms with Gasteiger partial charge in [0.15, 0.2) is 0 Å². The largest absolute Gasteiger partial charge is 0.369 e. The Morgan fingerprint density at radius 1 is 1.58 bits per heavy atom. The van der Waals surface area contributed by atoms with Gasteiger partial charge in [0.05, 0.1) is 21.0 Å². The smallest absolute Gasteiger partial charge is 0.131 e. The van der Waals surface area contributed by atoms with E-state index in [0.717, 1.165) is 53.1 Å². The number of hydrogen-bond acceptors (Lipinski definition) is 3. The molecular formula is C14H15BrClN3. The van der Waals surface area contributed by atoms with Crippen LogP contribution >= 0.6 is 27.5 Å². The van der Waals surface area contributed by atoms with Gasteiger partial charge in [-0.15, -0.1) is 0 Å². The molecule has 1 aromatic rings. The van der Waals surface area contributed by atoms with Gasteiger partial charge in [0.25, 0.3) is 0 Å². The first-order valence-electron chi connectivity index (χ1n) is 6.55. The molecule has 1 N–H and O–H groups in total. The van der Waals surface area contributed by atoms with E-state index in [9.17, 15) is 5.26 Å². The zero-order chi connectivity index (χ0) is 13.7. The molecule has 100 valence electrons. The van der Waals surface area contributed by atoms with Crippen molar-refractivity contribution in [3.63, 3.8) is 0 Å². The van der Waals surface area contributed by atoms with Gasteiger partial charge in [0.2, 0.25) is 0 Å². The van der Waals surface area contributed by atoms with Crippen molar-refractivity contribution in [2.24, 2.45) is 5.41 Å². The fourth-order valence-electron chi connectivity index (χ4n) is 3.57. The first kappa shape index (κ1) is 13.2. The molecule has 0 bridgehead atoms. The van der Waals surface area contributed by atoms with Gasteiger partial charge >= 0.3 is 0 Å². The summed E-state index contributed by atoms with van der Waals surface area (Å²) < 4.78 is 0.835. The van der Waals surface area contributed by atoms with Gasteiger partial charge < -0.3 is 5.32 Å². The number of aromatic nitrogens is 1. The van der Waals surface area contributed by atoms with Crippen LogP contribution in [0.25, 0.3) is 0 Å². The SMILES string of the molecule is CCC1(C#N)CCC2(CNc3ncc(Br)c(Cl)c32)C1. The first-order valence-corrected chi connectivity index (χ1v) is 7.72. The van der Waals surface area contributed by atoms with Crippen molar-refractivity contribution in [3.05, 3.63) is 21.3 Å². The molecule has 3 nitrogen and oxygen atoms in total. The lowest BCUT2D eigenvalue weighted by atomic mass is 9.76. The van der Waals surface area contributed by atoms with E-state index < -0.39 is 0 Å². The molecule has 1 aliphatic heterocycles. The summed E-state index contributed by atoms with van der Waals surface area (Å²) in [5.74, 6) is 0.887. The van der Waals surface area contributed by atoms with E-state index in [1.54, 1.807) is 6.20 Å². The lowest BCUT2D eigenvalue weighted by Gasteiger charge is -2.26. The van der Waals surface area contributed by atoms with Crippen molar-refractivity contribution >= 4 is 33.3 Å². The quantitative estimate of drug-likeness (QED) is 0.830. The van der Waals surface area contributed by atoms with Crippen LogP contribution in [0, 0.1) is 16.7 Å². The van der Waals surface area contributed by atoms with Crippen molar-refractivity contribution in [2.45, 2.75) is 38.0 Å². The molecule has 3 rings (SSSR count). The molecular weight excluding hydrogens is 326 g/mol. The van der Waals surface area contributed by atoms with Crippen LogP contribution in [-0.2, 0) is 5.41 Å². The highest BCUT2D eigenvalue weighted by atomic mass is 79.9. The van der Waals surface area contributed by atoms with Gasteiger partial charge in [0.1, 0.15) is 5.82 Å². The number of halogens is 2. The lowest BCUT2D eigenvalue weighted by molar-refractivity contribution is 0.359. The zero-order valence-corrected chi connectivity index (χ0v) is 13.1. The Labute approximate surface area is 126 Å². The number of hydrogen-bond donors (Lipinski definition) is 1. The number of nitrogens with zero attached hydrogens (tertiary/aromatic N) is 2. The molecule has 2 heterocycles. The number of rotatable bonds is 1. The minimum absolute atomic E-state index is 0.0189. The molecule has 1 fully saturated rings. The van der Waals surface area contributed by atoms with Crippen molar-refractivity contribution in [1.29, 1.82) is 5.26 Å². The van der Waals surface area contributed by atoms with E-state index in [0.29, 0.717) is 0 Å². The second kappa shape index (κ2) is 4.36. The summed E-state index contributed by atoms with van der Waals surface area (Å²) in [6.07, 6.45) is 5.47. The normalized spacial score (nSPS) is 32.1. The molecule has 1 saturated carbocycles. The Hall–Kier alpha value is -0.790. The molecule has 0 aromatic carbocycles. The molecule has 19 heavy (non-hydrogen) atoms. The number of anilines is 1. The average molecular weight is 341 g/mol. The first-order chi connectivity index (χ1) is 9.06. The van der Waals surface area contributed by atoms with Crippen molar-refractivity contribution in [3.8, 4) is 6.07 Å². The van der Waals surface area contributed by atoms with Crippen LogP contribution in [0.1, 0.15) is 38.2 Å². The lowest BCUT2D eigenvalue weighted by Crippen LogP contribution is -2.27. The Kier molecular flexibility index (Phi) is 3.03. The van der Waals surface area contributed by atoms with Crippen LogP contribution < -0.4 is 5.32 Å². The summed E-state index contributed by atoms with van der Waals surface area (Å²) in [7, 11) is 0. The predicted molar refractivity (Wildman–Crippen MR) is 79.3 cm³/mol. The second-order valence-corrected chi connectivity index (χ2v) is 6.93. The fraction of sp³-hybridized carbons (Fsp3) is 0.571. The highest BCUT2D eigenvalue weighted by Crippen LogP contribution is 2.57. The van der Waals surface area contributed by atoms with Crippen molar-refractivity contribution in [2.75, 3.05) is 11.9 Å². The Morgan fingerprint density at radius 3 is 3.00 bits per heavy atom. The van der Waals surface area contributed by atoms with Gasteiger partial charge in [-0.2, -0.15) is 5.26 Å². The van der Waals surface area contributed by atoms with E-state index in [1.165, 1.54) is 0 Å². The van der Waals surface area contributed by atoms with Crippen molar-refractivity contribution < 1.29 is 0 Å². The molecule has 0 saturated heterocycles. The average Bonchev–Trinajstić information content (AvgIpc) is 2.98. The fourth-order valence-corrected chi connectivity index (χ4v) is 4.21. The zero-order valence-electron chi connectivity index (χ0n) is 10.8. The third-order valence-electron chi connectivity index (χ3n) is 4.77. The standard InChI is InChI=1S/C14H15BrClN3/c1-2-13(7-17)3-4-14(6-13)8-19-12-10(14)11(16)9(15)5-18-12/h5H,2-4,6,8H2,1H3,(H,18,19). The third kappa shape index (κ3) is 1.79. The van der Waals surface area contributed by atoms with Crippen LogP contribution in [0.5, 0.6) is 0 Å². The van der Waals surface area contributed by atoms with Crippen LogP contribution in [0.15, 0.2) is 10.7 Å². The monoisotopic (exact) mass is 339 g/mol. The number of pyridine rings is 1. The summed E-state index contributed by atoms with van der Waals surface area (Å²) in [5, 5.41) is 13.6. The van der Waals surface area contributed by atoms with Gasteiger partial charge in [-0.3, -0.25) is 0 Å². The van der Waals surface area contributed by atoms with Gasteiger partial charge in [-0.1, -0.05) is 18.5 Å². The van der Waals surface area contributed by atoms with Gasteiger partial charge in [0, 0.05) is 23.7 Å². The topological polar surface area (TPSA) is 48.7 Å². The van der Waals surface area contributed by atoms with Crippen LogP contribution in [0.2, 0.25) is 5.02 Å². The van der Waals surface area contributed by atoms with E-state index in [2.05, 4.69) is 39.2 Å². The maximum Gasteiger partial charge on any atom is 0.131 e.